The summed E-state index contributed by atoms with van der Waals surface area (Å²) in [4.78, 5) is 13.3. The Morgan fingerprint density at radius 1 is 0.474 bits per heavy atom. The molecule has 19 heteroatoms. The average Bonchev–Trinajstić information content (AvgIpc) is 3.47. The predicted octanol–water partition coefficient (Wildman–Crippen LogP) is 4.42. The Bertz CT molecular complexity index is 1750. The SMILES string of the molecule is CC/C=C\C/C=C\C/C=C\C/C=C\CCCCC(=O)NC(COC1OC(CO)C(OC2OC(CO)C(OC3OC(CO)C(O)C(O)C3O)C(O)C2O)C(O)C1O)C(O)/C=C/CC/C=C/CC/C=C/CCCCCCCCCC. The topological polar surface area (TPSA) is 307 Å². The highest BCUT2D eigenvalue weighted by Crippen LogP contribution is 2.33. The van der Waals surface area contributed by atoms with E-state index >= 15 is 0 Å². The Hall–Kier alpha value is -3.03. The van der Waals surface area contributed by atoms with Gasteiger partial charge < -0.3 is 89.9 Å². The number of hydrogen-bond donors (Lipinski definition) is 12. The van der Waals surface area contributed by atoms with Gasteiger partial charge in [0.15, 0.2) is 18.9 Å². The maximum absolute atomic E-state index is 13.3. The molecule has 0 aromatic carbocycles. The number of unbranched alkanes of at least 4 members (excludes halogenated alkanes) is 12. The highest BCUT2D eigenvalue weighted by Gasteiger charge is 2.53. The molecule has 12 N–H and O–H groups in total. The maximum Gasteiger partial charge on any atom is 0.220 e. The van der Waals surface area contributed by atoms with E-state index in [0.29, 0.717) is 12.8 Å². The first kappa shape index (κ1) is 69.2. The molecule has 3 heterocycles. The first-order chi connectivity index (χ1) is 37.8. The number of aliphatic hydroxyl groups is 11. The van der Waals surface area contributed by atoms with Crippen molar-refractivity contribution in [2.24, 2.45) is 0 Å². The zero-order valence-electron chi connectivity index (χ0n) is 46.4. The van der Waals surface area contributed by atoms with Crippen LogP contribution in [0.25, 0.3) is 0 Å². The van der Waals surface area contributed by atoms with Crippen LogP contribution in [0.4, 0.5) is 0 Å². The molecule has 0 saturated carbocycles. The van der Waals surface area contributed by atoms with Crippen LogP contribution in [-0.4, -0.2) is 193 Å². The van der Waals surface area contributed by atoms with E-state index < -0.39 is 131 Å². The Kier molecular flexibility index (Phi) is 37.2. The number of rotatable bonds is 40. The van der Waals surface area contributed by atoms with Crippen molar-refractivity contribution in [1.82, 2.24) is 5.32 Å². The first-order valence-corrected chi connectivity index (χ1v) is 28.8. The normalized spacial score (nSPS) is 31.1. The molecular weight excluding hydrogens is 1010 g/mol. The summed E-state index contributed by atoms with van der Waals surface area (Å²) in [6.45, 7) is 1.51. The number of nitrogens with one attached hydrogen (secondary N) is 1. The average molecular weight is 1110 g/mol. The Labute approximate surface area is 463 Å². The molecule has 0 aromatic rings. The van der Waals surface area contributed by atoms with Crippen LogP contribution in [0.3, 0.4) is 0 Å². The quantitative estimate of drug-likeness (QED) is 0.0299. The molecule has 17 atom stereocenters. The van der Waals surface area contributed by atoms with Gasteiger partial charge in [0.25, 0.3) is 0 Å². The van der Waals surface area contributed by atoms with Crippen LogP contribution in [0.2, 0.25) is 0 Å². The van der Waals surface area contributed by atoms with Gasteiger partial charge in [-0.05, 0) is 83.5 Å². The molecule has 0 radical (unpaired) electrons. The van der Waals surface area contributed by atoms with Gasteiger partial charge in [-0.3, -0.25) is 4.79 Å². The number of aliphatic hydroxyl groups excluding tert-OH is 11. The van der Waals surface area contributed by atoms with Crippen molar-refractivity contribution < 1.29 is 89.4 Å². The number of allylic oxidation sites excluding steroid dienone is 13. The molecule has 78 heavy (non-hydrogen) atoms. The van der Waals surface area contributed by atoms with Crippen molar-refractivity contribution in [2.45, 2.75) is 253 Å². The molecule has 0 bridgehead atoms. The van der Waals surface area contributed by atoms with E-state index in [-0.39, 0.29) is 12.3 Å². The third-order valence-corrected chi connectivity index (χ3v) is 13.9. The molecule has 3 rings (SSSR count). The van der Waals surface area contributed by atoms with E-state index in [1.54, 1.807) is 6.08 Å². The molecule has 0 aromatic heterocycles. The number of ether oxygens (including phenoxy) is 6. The molecule has 448 valence electrons. The fraction of sp³-hybridized carbons (Fsp3) is 0.746. The molecular formula is C59H99NO18. The molecule has 3 aliphatic rings. The molecule has 3 aliphatic heterocycles. The van der Waals surface area contributed by atoms with Crippen LogP contribution in [0.15, 0.2) is 85.1 Å². The van der Waals surface area contributed by atoms with Crippen LogP contribution < -0.4 is 5.32 Å². The largest absolute Gasteiger partial charge is 0.394 e. The Morgan fingerprint density at radius 3 is 1.44 bits per heavy atom. The lowest BCUT2D eigenvalue weighted by Crippen LogP contribution is -2.66. The molecule has 3 saturated heterocycles. The van der Waals surface area contributed by atoms with E-state index in [1.807, 2.05) is 6.08 Å². The van der Waals surface area contributed by atoms with Crippen LogP contribution in [0.1, 0.15) is 149 Å². The highest BCUT2D eigenvalue weighted by atomic mass is 16.8. The van der Waals surface area contributed by atoms with Crippen LogP contribution in [0.5, 0.6) is 0 Å². The van der Waals surface area contributed by atoms with E-state index in [0.717, 1.165) is 64.2 Å². The van der Waals surface area contributed by atoms with Gasteiger partial charge in [0, 0.05) is 6.42 Å². The zero-order valence-corrected chi connectivity index (χ0v) is 46.4. The third-order valence-electron chi connectivity index (χ3n) is 13.9. The number of carbonyl (C=O) groups is 1. The van der Waals surface area contributed by atoms with Gasteiger partial charge in [0.1, 0.15) is 73.2 Å². The minimum atomic E-state index is -1.99. The van der Waals surface area contributed by atoms with E-state index in [1.165, 1.54) is 51.4 Å². The van der Waals surface area contributed by atoms with Crippen molar-refractivity contribution >= 4 is 5.91 Å². The Morgan fingerprint density at radius 2 is 0.897 bits per heavy atom. The van der Waals surface area contributed by atoms with Gasteiger partial charge in [-0.25, -0.2) is 0 Å². The Balaban J connectivity index is 1.56. The third kappa shape index (κ3) is 25.8. The fourth-order valence-electron chi connectivity index (χ4n) is 9.15. The van der Waals surface area contributed by atoms with E-state index in [4.69, 9.17) is 28.4 Å². The summed E-state index contributed by atoms with van der Waals surface area (Å²) in [6, 6.07) is -1.02. The standard InChI is InChI=1S/C59H99NO18/c1-3-5-7-9-11-13-15-17-19-20-21-23-24-26-28-30-32-34-36-43(64)42(60-47(65)37-35-33-31-29-27-25-22-18-16-14-12-10-8-6-4-2)41-73-57-53(71)50(68)55(45(39-62)75-57)78-59-54(72)51(69)56(46(40-63)76-59)77-58-52(70)49(67)48(66)44(38-61)74-58/h6,8,12,14,18,20-22,26-29,34,36,42-46,48-59,61-64,66-72H,3-5,7,9-11,13,15-17,19,23-25,30-33,35,37-41H2,1-2H3,(H,60,65)/b8-6-,14-12-,21-20+,22-18-,28-26+,29-27-,36-34+. The second kappa shape index (κ2) is 41.9. The lowest BCUT2D eigenvalue weighted by molar-refractivity contribution is -0.379. The van der Waals surface area contributed by atoms with E-state index in [2.05, 4.69) is 92.1 Å². The number of amides is 1. The van der Waals surface area contributed by atoms with Crippen molar-refractivity contribution in [3.8, 4) is 0 Å². The van der Waals surface area contributed by atoms with Gasteiger partial charge in [0.2, 0.25) is 5.91 Å². The fourth-order valence-corrected chi connectivity index (χ4v) is 9.15. The summed E-state index contributed by atoms with van der Waals surface area (Å²) >= 11 is 0. The summed E-state index contributed by atoms with van der Waals surface area (Å²) in [5, 5.41) is 120. The molecule has 0 aliphatic carbocycles. The lowest BCUT2D eigenvalue weighted by Gasteiger charge is -2.48. The smallest absolute Gasteiger partial charge is 0.220 e. The van der Waals surface area contributed by atoms with Gasteiger partial charge in [-0.1, -0.05) is 144 Å². The van der Waals surface area contributed by atoms with Gasteiger partial charge in [-0.2, -0.15) is 0 Å². The van der Waals surface area contributed by atoms with Crippen molar-refractivity contribution in [1.29, 1.82) is 0 Å². The molecule has 0 spiro atoms. The van der Waals surface area contributed by atoms with Crippen LogP contribution >= 0.6 is 0 Å². The lowest BCUT2D eigenvalue weighted by atomic mass is 9.96. The first-order valence-electron chi connectivity index (χ1n) is 28.8. The van der Waals surface area contributed by atoms with Crippen molar-refractivity contribution in [3.05, 3.63) is 85.1 Å². The van der Waals surface area contributed by atoms with E-state index in [9.17, 15) is 61.0 Å². The maximum atomic E-state index is 13.3. The van der Waals surface area contributed by atoms with Crippen molar-refractivity contribution in [2.75, 3.05) is 26.4 Å². The molecule has 1 amide bonds. The minimum Gasteiger partial charge on any atom is -0.394 e. The van der Waals surface area contributed by atoms with Crippen LogP contribution in [0, 0.1) is 0 Å². The van der Waals surface area contributed by atoms with Crippen molar-refractivity contribution in [3.63, 3.8) is 0 Å². The summed E-state index contributed by atoms with van der Waals surface area (Å²) in [5.41, 5.74) is 0. The molecule has 19 nitrogen and oxygen atoms in total. The van der Waals surface area contributed by atoms with Gasteiger partial charge in [0.05, 0.1) is 38.6 Å². The zero-order chi connectivity index (χ0) is 56.9. The van der Waals surface area contributed by atoms with Gasteiger partial charge >= 0.3 is 0 Å². The summed E-state index contributed by atoms with van der Waals surface area (Å²) < 4.78 is 34.1. The monoisotopic (exact) mass is 1110 g/mol. The molecule has 3 fully saturated rings. The summed E-state index contributed by atoms with van der Waals surface area (Å²) in [5.74, 6) is -0.335. The predicted molar refractivity (Wildman–Crippen MR) is 295 cm³/mol. The highest BCUT2D eigenvalue weighted by molar-refractivity contribution is 5.76. The second-order valence-electron chi connectivity index (χ2n) is 20.3. The summed E-state index contributed by atoms with van der Waals surface area (Å²) in [7, 11) is 0. The van der Waals surface area contributed by atoms with Crippen LogP contribution in [-0.2, 0) is 33.2 Å². The minimum absolute atomic E-state index is 0.175. The summed E-state index contributed by atoms with van der Waals surface area (Å²) in [6.07, 6.45) is 22.9. The number of hydrogen-bond acceptors (Lipinski definition) is 18. The second-order valence-corrected chi connectivity index (χ2v) is 20.3. The van der Waals surface area contributed by atoms with Gasteiger partial charge in [-0.15, -0.1) is 0 Å². The molecule has 17 unspecified atom stereocenters. The number of carbonyl (C=O) groups excluding carboxylic acids is 1.